The molecule has 5 nitrogen and oxygen atoms in total. The average molecular weight is 348 g/mol. The van der Waals surface area contributed by atoms with Crippen LogP contribution in [0.5, 0.6) is 0 Å². The van der Waals surface area contributed by atoms with E-state index in [2.05, 4.69) is 6.92 Å². The number of hydrogen-bond acceptors (Lipinski definition) is 3. The third-order valence-electron chi connectivity index (χ3n) is 3.88. The standard InChI is InChI=1S/C19H37NO4/c1-4-5-6-7-8-9-10-11-12-13-17(21)15-20(2,3)16-18(22)14-19(23)24/h18,22H,4-16H2,1-3H3/p+1/t18-/m1/s1/i16D2,18D. The van der Waals surface area contributed by atoms with Gasteiger partial charge in [0.25, 0.3) is 0 Å². The summed E-state index contributed by atoms with van der Waals surface area (Å²) in [7, 11) is 2.80. The van der Waals surface area contributed by atoms with Crippen molar-refractivity contribution < 1.29 is 28.4 Å². The molecule has 0 rings (SSSR count). The molecule has 0 bridgehead atoms. The Bertz CT molecular complexity index is 468. The predicted octanol–water partition coefficient (Wildman–Crippen LogP) is 3.39. The Labute approximate surface area is 151 Å². The van der Waals surface area contributed by atoms with Crippen LogP contribution in [-0.4, -0.2) is 59.7 Å². The Morgan fingerprint density at radius 2 is 1.54 bits per heavy atom. The predicted molar refractivity (Wildman–Crippen MR) is 97.0 cm³/mol. The summed E-state index contributed by atoms with van der Waals surface area (Å²) >= 11 is 0. The summed E-state index contributed by atoms with van der Waals surface area (Å²) in [6, 6.07) is 0. The van der Waals surface area contributed by atoms with Crippen molar-refractivity contribution in [3.63, 3.8) is 0 Å². The number of hydrogen-bond donors (Lipinski definition) is 2. The molecule has 0 aromatic carbocycles. The second-order valence-electron chi connectivity index (χ2n) is 7.09. The molecule has 0 spiro atoms. The van der Waals surface area contributed by atoms with E-state index in [4.69, 9.17) is 9.22 Å². The molecule has 2 N–H and O–H groups in total. The normalized spacial score (nSPS) is 16.8. The number of carboxylic acid groups (broad SMARTS) is 1. The first-order valence-electron chi connectivity index (χ1n) is 10.7. The van der Waals surface area contributed by atoms with Gasteiger partial charge >= 0.3 is 5.97 Å². The van der Waals surface area contributed by atoms with Gasteiger partial charge in [0.2, 0.25) is 0 Å². The van der Waals surface area contributed by atoms with Gasteiger partial charge in [-0.15, -0.1) is 0 Å². The number of carboxylic acids is 1. The third-order valence-corrected chi connectivity index (χ3v) is 3.88. The van der Waals surface area contributed by atoms with Gasteiger partial charge in [0, 0.05) is 6.42 Å². The highest BCUT2D eigenvalue weighted by Crippen LogP contribution is 2.11. The van der Waals surface area contributed by atoms with Crippen LogP contribution in [0.2, 0.25) is 0 Å². The zero-order valence-corrected chi connectivity index (χ0v) is 15.6. The highest BCUT2D eigenvalue weighted by atomic mass is 16.4. The Morgan fingerprint density at radius 3 is 2.04 bits per heavy atom. The number of ketones is 1. The fourth-order valence-electron chi connectivity index (χ4n) is 2.72. The first-order chi connectivity index (χ1) is 12.4. The number of unbranched alkanes of at least 4 members (excludes halogenated alkanes) is 8. The SMILES string of the molecule is [2H]C([2H])([C@]([2H])(O)CC(=O)O)[N+](C)(C)CC(=O)CCCCCCCCCCC. The number of aliphatic carboxylic acids is 1. The van der Waals surface area contributed by atoms with Crippen molar-refractivity contribution in [1.82, 2.24) is 0 Å². The number of Topliss-reactive ketones (excluding diaryl/α,β-unsaturated/α-hetero) is 1. The van der Waals surface area contributed by atoms with Gasteiger partial charge in [0.1, 0.15) is 19.1 Å². The maximum atomic E-state index is 12.2. The lowest BCUT2D eigenvalue weighted by Crippen LogP contribution is -2.48. The lowest BCUT2D eigenvalue weighted by Gasteiger charge is -2.30. The summed E-state index contributed by atoms with van der Waals surface area (Å²) in [6.45, 7) is -0.594. The molecule has 0 fully saturated rings. The van der Waals surface area contributed by atoms with Gasteiger partial charge in [-0.2, -0.15) is 0 Å². The lowest BCUT2D eigenvalue weighted by atomic mass is 10.1. The molecule has 0 aromatic rings. The molecule has 0 aliphatic carbocycles. The number of rotatable bonds is 16. The van der Waals surface area contributed by atoms with Gasteiger partial charge in [-0.1, -0.05) is 58.3 Å². The molecule has 0 amide bonds. The zero-order chi connectivity index (χ0) is 21.1. The van der Waals surface area contributed by atoms with Crippen LogP contribution in [0, 0.1) is 0 Å². The quantitative estimate of drug-likeness (QED) is 0.331. The lowest BCUT2D eigenvalue weighted by molar-refractivity contribution is -0.885. The molecule has 0 saturated heterocycles. The first kappa shape index (κ1) is 17.9. The van der Waals surface area contributed by atoms with Gasteiger partial charge in [-0.05, 0) is 6.42 Å². The molecule has 0 heterocycles. The van der Waals surface area contributed by atoms with Crippen LogP contribution < -0.4 is 0 Å². The van der Waals surface area contributed by atoms with Gasteiger partial charge < -0.3 is 14.7 Å². The van der Waals surface area contributed by atoms with Crippen molar-refractivity contribution in [2.24, 2.45) is 0 Å². The molecule has 5 heteroatoms. The molecule has 142 valence electrons. The van der Waals surface area contributed by atoms with E-state index in [1.54, 1.807) is 0 Å². The molecule has 0 aromatic heterocycles. The number of carbonyl (C=O) groups is 2. The van der Waals surface area contributed by atoms with Crippen molar-refractivity contribution in [3.8, 4) is 0 Å². The summed E-state index contributed by atoms with van der Waals surface area (Å²) < 4.78 is 23.2. The van der Waals surface area contributed by atoms with E-state index in [0.717, 1.165) is 19.3 Å². The molecule has 0 aliphatic rings. The van der Waals surface area contributed by atoms with Crippen LogP contribution >= 0.6 is 0 Å². The van der Waals surface area contributed by atoms with E-state index in [-0.39, 0.29) is 12.3 Å². The molecular weight excluding hydrogens is 306 g/mol. The minimum Gasteiger partial charge on any atom is -0.481 e. The number of nitrogens with zero attached hydrogens (tertiary/aromatic N) is 1. The van der Waals surface area contributed by atoms with Crippen molar-refractivity contribution in [2.75, 3.05) is 27.1 Å². The zero-order valence-electron chi connectivity index (χ0n) is 18.6. The summed E-state index contributed by atoms with van der Waals surface area (Å²) in [5.74, 6) is -1.60. The maximum absolute atomic E-state index is 12.2. The van der Waals surface area contributed by atoms with Gasteiger partial charge in [-0.3, -0.25) is 9.59 Å². The summed E-state index contributed by atoms with van der Waals surface area (Å²) in [5.41, 5.74) is 0. The molecule has 0 saturated carbocycles. The van der Waals surface area contributed by atoms with Gasteiger partial charge in [-0.25, -0.2) is 0 Å². The molecular formula is C19H38NO4+. The molecule has 24 heavy (non-hydrogen) atoms. The topological polar surface area (TPSA) is 74.6 Å². The fraction of sp³-hybridized carbons (Fsp3) is 0.895. The van der Waals surface area contributed by atoms with Crippen molar-refractivity contribution in [1.29, 1.82) is 0 Å². The Balaban J connectivity index is 4.29. The molecule has 1 atom stereocenters. The maximum Gasteiger partial charge on any atom is 0.306 e. The first-order valence-corrected chi connectivity index (χ1v) is 9.16. The van der Waals surface area contributed by atoms with Crippen LogP contribution in [0.1, 0.15) is 81.7 Å². The van der Waals surface area contributed by atoms with E-state index >= 15 is 0 Å². The van der Waals surface area contributed by atoms with Crippen molar-refractivity contribution in [3.05, 3.63) is 0 Å². The Morgan fingerprint density at radius 1 is 1.04 bits per heavy atom. The van der Waals surface area contributed by atoms with Crippen LogP contribution in [0.15, 0.2) is 0 Å². The average Bonchev–Trinajstić information content (AvgIpc) is 2.51. The Hall–Kier alpha value is -0.940. The number of quaternary nitrogens is 1. The smallest absolute Gasteiger partial charge is 0.306 e. The van der Waals surface area contributed by atoms with E-state index in [0.29, 0.717) is 6.42 Å². The van der Waals surface area contributed by atoms with Crippen LogP contribution in [0.25, 0.3) is 0 Å². The van der Waals surface area contributed by atoms with Crippen LogP contribution in [0.3, 0.4) is 0 Å². The van der Waals surface area contributed by atoms with E-state index < -0.39 is 29.5 Å². The minimum absolute atomic E-state index is 0.141. The summed E-state index contributed by atoms with van der Waals surface area (Å²) in [6.07, 6.45) is 6.74. The van der Waals surface area contributed by atoms with Gasteiger partial charge in [0.15, 0.2) is 5.78 Å². The number of likely N-dealkylation sites (N-methyl/N-ethyl adjacent to an activating group) is 1. The fourth-order valence-corrected chi connectivity index (χ4v) is 2.72. The van der Waals surface area contributed by atoms with Crippen LogP contribution in [-0.2, 0) is 9.59 Å². The molecule has 0 aliphatic heterocycles. The Kier molecular flexibility index (Phi) is 9.95. The number of carbonyl (C=O) groups excluding carboxylic acids is 1. The third kappa shape index (κ3) is 14.6. The van der Waals surface area contributed by atoms with E-state index in [9.17, 15) is 14.7 Å². The number of aliphatic hydroxyl groups is 1. The molecule has 0 unspecified atom stereocenters. The van der Waals surface area contributed by atoms with Crippen LogP contribution in [0.4, 0.5) is 0 Å². The summed E-state index contributed by atoms with van der Waals surface area (Å²) in [4.78, 5) is 23.0. The highest BCUT2D eigenvalue weighted by molar-refractivity contribution is 5.79. The largest absolute Gasteiger partial charge is 0.481 e. The second-order valence-corrected chi connectivity index (χ2v) is 7.09. The monoisotopic (exact) mass is 347 g/mol. The molecule has 0 radical (unpaired) electrons. The second kappa shape index (κ2) is 13.4. The van der Waals surface area contributed by atoms with E-state index in [1.165, 1.54) is 52.6 Å². The van der Waals surface area contributed by atoms with Gasteiger partial charge in [0.05, 0.1) is 24.6 Å². The van der Waals surface area contributed by atoms with Crippen molar-refractivity contribution >= 4 is 11.8 Å². The van der Waals surface area contributed by atoms with Crippen molar-refractivity contribution in [2.45, 2.75) is 83.6 Å². The summed E-state index contributed by atoms with van der Waals surface area (Å²) in [5, 5.41) is 18.8. The minimum atomic E-state index is -2.82. The van der Waals surface area contributed by atoms with E-state index in [1.807, 2.05) is 0 Å². The highest BCUT2D eigenvalue weighted by Gasteiger charge is 2.24.